The van der Waals surface area contributed by atoms with Gasteiger partial charge in [0.25, 0.3) is 11.8 Å². The second kappa shape index (κ2) is 14.2. The number of amides is 3. The van der Waals surface area contributed by atoms with Crippen LogP contribution in [0.15, 0.2) is 108 Å². The molecule has 0 radical (unpaired) electrons. The maximum absolute atomic E-state index is 13.3. The van der Waals surface area contributed by atoms with E-state index in [2.05, 4.69) is 16.0 Å². The number of hydrogen-bond donors (Lipinski definition) is 3. The summed E-state index contributed by atoms with van der Waals surface area (Å²) in [5.74, 6) is -1.21. The van der Waals surface area contributed by atoms with Crippen LogP contribution in [0.2, 0.25) is 15.1 Å². The average molecular weight is 625 g/mol. The van der Waals surface area contributed by atoms with Gasteiger partial charge in [0.15, 0.2) is 0 Å². The molecule has 208 valence electrons. The van der Waals surface area contributed by atoms with Gasteiger partial charge in [0, 0.05) is 26.2 Å². The topological polar surface area (TPSA) is 87.3 Å². The first-order valence-corrected chi connectivity index (χ1v) is 14.4. The van der Waals surface area contributed by atoms with Crippen LogP contribution in [-0.4, -0.2) is 23.0 Å². The van der Waals surface area contributed by atoms with E-state index in [-0.39, 0.29) is 11.6 Å². The van der Waals surface area contributed by atoms with Gasteiger partial charge >= 0.3 is 0 Å². The zero-order valence-electron chi connectivity index (χ0n) is 21.7. The van der Waals surface area contributed by atoms with E-state index < -0.39 is 17.1 Å². The molecule has 0 saturated carbocycles. The van der Waals surface area contributed by atoms with Crippen LogP contribution in [0.4, 0.5) is 11.4 Å². The smallest absolute Gasteiger partial charge is 0.272 e. The van der Waals surface area contributed by atoms with E-state index in [1.165, 1.54) is 11.8 Å². The van der Waals surface area contributed by atoms with Crippen LogP contribution < -0.4 is 16.0 Å². The van der Waals surface area contributed by atoms with Gasteiger partial charge in [-0.2, -0.15) is 0 Å². The minimum atomic E-state index is -0.528. The first-order valence-electron chi connectivity index (χ1n) is 12.4. The molecule has 4 aromatic rings. The molecule has 41 heavy (non-hydrogen) atoms. The predicted octanol–water partition coefficient (Wildman–Crippen LogP) is 8.18. The monoisotopic (exact) mass is 623 g/mol. The third-order valence-electron chi connectivity index (χ3n) is 5.65. The largest absolute Gasteiger partial charge is 0.324 e. The maximum atomic E-state index is 13.3. The third kappa shape index (κ3) is 8.87. The Bertz CT molecular complexity index is 1610. The number of anilines is 2. The number of benzene rings is 4. The van der Waals surface area contributed by atoms with Crippen LogP contribution in [-0.2, 0) is 9.59 Å². The minimum absolute atomic E-state index is 0.0340. The Hall–Kier alpha value is -3.75. The molecule has 0 bridgehead atoms. The van der Waals surface area contributed by atoms with Crippen molar-refractivity contribution in [3.8, 4) is 0 Å². The van der Waals surface area contributed by atoms with Crippen LogP contribution in [0.5, 0.6) is 0 Å². The minimum Gasteiger partial charge on any atom is -0.324 e. The lowest BCUT2D eigenvalue weighted by atomic mass is 10.1. The van der Waals surface area contributed by atoms with Gasteiger partial charge < -0.3 is 16.0 Å². The zero-order chi connectivity index (χ0) is 29.4. The molecule has 0 spiro atoms. The number of carbonyl (C=O) groups is 3. The summed E-state index contributed by atoms with van der Waals surface area (Å²) < 4.78 is 0. The number of halogens is 3. The highest BCUT2D eigenvalue weighted by Gasteiger charge is 2.18. The van der Waals surface area contributed by atoms with Crippen molar-refractivity contribution in [2.45, 2.75) is 17.1 Å². The molecule has 1 atom stereocenters. The summed E-state index contributed by atoms with van der Waals surface area (Å²) in [4.78, 5) is 39.7. The number of carbonyl (C=O) groups excluding carboxylic acids is 3. The molecule has 6 nitrogen and oxygen atoms in total. The maximum Gasteiger partial charge on any atom is 0.272 e. The molecule has 0 heterocycles. The molecule has 0 aromatic heterocycles. The van der Waals surface area contributed by atoms with Crippen LogP contribution in [0.1, 0.15) is 22.8 Å². The first kappa shape index (κ1) is 30.2. The second-order valence-electron chi connectivity index (χ2n) is 8.79. The summed E-state index contributed by atoms with van der Waals surface area (Å²) in [6.45, 7) is 1.76. The molecule has 3 amide bonds. The van der Waals surface area contributed by atoms with E-state index in [1.807, 2.05) is 6.07 Å². The Labute approximate surface area is 257 Å². The van der Waals surface area contributed by atoms with E-state index >= 15 is 0 Å². The molecule has 0 aliphatic carbocycles. The Balaban J connectivity index is 1.48. The average Bonchev–Trinajstić information content (AvgIpc) is 2.94. The summed E-state index contributed by atoms with van der Waals surface area (Å²) in [5, 5.41) is 9.17. The number of thioether (sulfide) groups is 1. The summed E-state index contributed by atoms with van der Waals surface area (Å²) in [6.07, 6.45) is 1.55. The molecular weight excluding hydrogens is 601 g/mol. The van der Waals surface area contributed by atoms with Crippen molar-refractivity contribution < 1.29 is 14.4 Å². The fourth-order valence-corrected chi connectivity index (χ4v) is 5.21. The fraction of sp³-hybridized carbons (Fsp3) is 0.0645. The Morgan fingerprint density at radius 3 is 2.24 bits per heavy atom. The van der Waals surface area contributed by atoms with Crippen LogP contribution in [0, 0.1) is 0 Å². The molecular formula is C31H24Cl3N3O3S. The van der Waals surface area contributed by atoms with Crippen molar-refractivity contribution in [3.05, 3.63) is 129 Å². The van der Waals surface area contributed by atoms with Crippen LogP contribution >= 0.6 is 46.6 Å². The van der Waals surface area contributed by atoms with Gasteiger partial charge in [-0.1, -0.05) is 71.2 Å². The highest BCUT2D eigenvalue weighted by molar-refractivity contribution is 8.00. The van der Waals surface area contributed by atoms with Crippen molar-refractivity contribution >= 4 is 81.7 Å². The highest BCUT2D eigenvalue weighted by atomic mass is 35.5. The standard InChI is InChI=1S/C31H24Cl3N3O3S/c1-19(29(38)36-27-14-13-23(33)17-26(27)34)41-25-12-6-11-24(18-25)35-31(40)28(16-20-7-5-10-22(32)15-20)37-30(39)21-8-3-2-4-9-21/h2-19H,1H3,(H,35,40)(H,36,38)(H,37,39)/b28-16-. The fourth-order valence-electron chi connectivity index (χ4n) is 3.63. The van der Waals surface area contributed by atoms with E-state index in [1.54, 1.807) is 104 Å². The van der Waals surface area contributed by atoms with Gasteiger partial charge in [-0.05, 0) is 79.2 Å². The van der Waals surface area contributed by atoms with Crippen LogP contribution in [0.25, 0.3) is 6.08 Å². The number of hydrogen-bond acceptors (Lipinski definition) is 4. The van der Waals surface area contributed by atoms with Gasteiger partial charge in [-0.25, -0.2) is 0 Å². The van der Waals surface area contributed by atoms with E-state index in [4.69, 9.17) is 34.8 Å². The highest BCUT2D eigenvalue weighted by Crippen LogP contribution is 2.29. The lowest BCUT2D eigenvalue weighted by Crippen LogP contribution is -2.30. The third-order valence-corrected chi connectivity index (χ3v) is 7.53. The van der Waals surface area contributed by atoms with E-state index in [9.17, 15) is 14.4 Å². The summed E-state index contributed by atoms with van der Waals surface area (Å²) >= 11 is 19.5. The van der Waals surface area contributed by atoms with Crippen molar-refractivity contribution in [2.24, 2.45) is 0 Å². The van der Waals surface area contributed by atoms with Gasteiger partial charge in [0.1, 0.15) is 5.70 Å². The molecule has 0 fully saturated rings. The molecule has 0 aliphatic heterocycles. The Morgan fingerprint density at radius 1 is 0.780 bits per heavy atom. The molecule has 10 heteroatoms. The molecule has 4 rings (SSSR count). The first-order chi connectivity index (χ1) is 19.7. The van der Waals surface area contributed by atoms with E-state index in [0.29, 0.717) is 37.6 Å². The molecule has 0 aliphatic rings. The SMILES string of the molecule is CC(Sc1cccc(NC(=O)/C(=C/c2cccc(Cl)c2)NC(=O)c2ccccc2)c1)C(=O)Nc1ccc(Cl)cc1Cl. The predicted molar refractivity (Wildman–Crippen MR) is 169 cm³/mol. The number of rotatable bonds is 9. The Kier molecular flexibility index (Phi) is 10.5. The lowest BCUT2D eigenvalue weighted by molar-refractivity contribution is -0.115. The molecule has 4 aromatic carbocycles. The summed E-state index contributed by atoms with van der Waals surface area (Å²) in [7, 11) is 0. The van der Waals surface area contributed by atoms with E-state index in [0.717, 1.165) is 4.90 Å². The van der Waals surface area contributed by atoms with Crippen molar-refractivity contribution in [1.29, 1.82) is 0 Å². The summed E-state index contributed by atoms with van der Waals surface area (Å²) in [6, 6.07) is 27.4. The van der Waals surface area contributed by atoms with Gasteiger partial charge in [-0.15, -0.1) is 11.8 Å². The Morgan fingerprint density at radius 2 is 1.51 bits per heavy atom. The van der Waals surface area contributed by atoms with Crippen molar-refractivity contribution in [1.82, 2.24) is 5.32 Å². The van der Waals surface area contributed by atoms with Gasteiger partial charge in [-0.3, -0.25) is 14.4 Å². The van der Waals surface area contributed by atoms with Gasteiger partial charge in [0.2, 0.25) is 5.91 Å². The van der Waals surface area contributed by atoms with Gasteiger partial charge in [0.05, 0.1) is 16.0 Å². The lowest BCUT2D eigenvalue weighted by Gasteiger charge is -2.15. The number of nitrogens with one attached hydrogen (secondary N) is 3. The second-order valence-corrected chi connectivity index (χ2v) is 11.5. The zero-order valence-corrected chi connectivity index (χ0v) is 24.7. The molecule has 1 unspecified atom stereocenters. The van der Waals surface area contributed by atoms with Crippen LogP contribution in [0.3, 0.4) is 0 Å². The molecule has 3 N–H and O–H groups in total. The van der Waals surface area contributed by atoms with Crippen molar-refractivity contribution in [3.63, 3.8) is 0 Å². The normalized spacial score (nSPS) is 11.9. The van der Waals surface area contributed by atoms with Crippen molar-refractivity contribution in [2.75, 3.05) is 10.6 Å². The quantitative estimate of drug-likeness (QED) is 0.129. The summed E-state index contributed by atoms with van der Waals surface area (Å²) in [5.41, 5.74) is 2.03. The molecule has 0 saturated heterocycles.